The Bertz CT molecular complexity index is 792. The maximum absolute atomic E-state index is 12.9. The van der Waals surface area contributed by atoms with E-state index in [1.54, 1.807) is 44.4 Å². The number of methoxy groups -OCH3 is 2. The fourth-order valence-corrected chi connectivity index (χ4v) is 2.73. The van der Waals surface area contributed by atoms with E-state index in [1.807, 2.05) is 0 Å². The zero-order valence-electron chi connectivity index (χ0n) is 14.4. The number of carbonyl (C=O) groups excluding carboxylic acids is 2. The van der Waals surface area contributed by atoms with Crippen molar-refractivity contribution < 1.29 is 19.1 Å². The van der Waals surface area contributed by atoms with Gasteiger partial charge in [-0.25, -0.2) is 9.78 Å². The van der Waals surface area contributed by atoms with Crippen LogP contribution in [-0.4, -0.2) is 50.1 Å². The van der Waals surface area contributed by atoms with Gasteiger partial charge >= 0.3 is 5.97 Å². The molecular weight excluding hydrogens is 344 g/mol. The Labute approximate surface area is 151 Å². The summed E-state index contributed by atoms with van der Waals surface area (Å²) in [5, 5.41) is 0.225. The van der Waals surface area contributed by atoms with Crippen molar-refractivity contribution in [2.75, 3.05) is 28.3 Å². The molecule has 0 bridgehead atoms. The maximum Gasteiger partial charge on any atom is 0.338 e. The molecule has 25 heavy (non-hydrogen) atoms. The van der Waals surface area contributed by atoms with Crippen LogP contribution in [0.25, 0.3) is 0 Å². The van der Waals surface area contributed by atoms with Crippen molar-refractivity contribution in [3.05, 3.63) is 58.4 Å². The maximum atomic E-state index is 12.9. The van der Waals surface area contributed by atoms with E-state index in [9.17, 15) is 9.59 Å². The van der Waals surface area contributed by atoms with E-state index in [1.165, 1.54) is 25.3 Å². The molecule has 1 aromatic carbocycles. The number of nitrogens with zero attached hydrogens (tertiary/aromatic N) is 2. The molecular formula is C18H19ClN2O4. The molecule has 1 heterocycles. The van der Waals surface area contributed by atoms with Crippen LogP contribution in [0.3, 0.4) is 0 Å². The number of benzene rings is 1. The van der Waals surface area contributed by atoms with E-state index in [0.29, 0.717) is 22.4 Å². The summed E-state index contributed by atoms with van der Waals surface area (Å²) >= 11 is 6.04. The fourth-order valence-electron chi connectivity index (χ4n) is 2.56. The minimum Gasteiger partial charge on any atom is -0.495 e. The predicted octanol–water partition coefficient (Wildman–Crippen LogP) is 2.75. The molecule has 0 saturated heterocycles. The van der Waals surface area contributed by atoms with Crippen LogP contribution in [0.5, 0.6) is 5.75 Å². The van der Waals surface area contributed by atoms with Crippen molar-refractivity contribution in [3.63, 3.8) is 0 Å². The summed E-state index contributed by atoms with van der Waals surface area (Å²) in [5.74, 6) is -1.13. The Morgan fingerprint density at radius 1 is 1.16 bits per heavy atom. The first-order chi connectivity index (χ1) is 11.9. The highest BCUT2D eigenvalue weighted by Crippen LogP contribution is 2.35. The number of pyridine rings is 1. The highest BCUT2D eigenvalue weighted by atomic mass is 35.5. The van der Waals surface area contributed by atoms with Crippen LogP contribution >= 0.6 is 11.6 Å². The highest BCUT2D eigenvalue weighted by Gasteiger charge is 2.31. The molecule has 0 saturated carbocycles. The van der Waals surface area contributed by atoms with E-state index >= 15 is 0 Å². The number of carbonyl (C=O) groups is 2. The SMILES string of the molecule is COC(=O)c1ccccc1C(C(=O)N(C)C)c1cc(Cl)ncc1OC. The largest absolute Gasteiger partial charge is 0.495 e. The lowest BCUT2D eigenvalue weighted by Crippen LogP contribution is -2.30. The predicted molar refractivity (Wildman–Crippen MR) is 94.1 cm³/mol. The lowest BCUT2D eigenvalue weighted by Gasteiger charge is -2.24. The molecule has 1 amide bonds. The third kappa shape index (κ3) is 3.91. The standard InChI is InChI=1S/C18H19ClN2O4/c1-21(2)17(22)16(13-9-15(19)20-10-14(13)24-3)11-7-5-6-8-12(11)18(23)25-4/h5-10,16H,1-4H3. The van der Waals surface area contributed by atoms with Gasteiger partial charge in [-0.15, -0.1) is 0 Å². The number of amides is 1. The van der Waals surface area contributed by atoms with E-state index in [0.717, 1.165) is 0 Å². The summed E-state index contributed by atoms with van der Waals surface area (Å²) in [4.78, 5) is 30.5. The van der Waals surface area contributed by atoms with Gasteiger partial charge in [0.05, 0.1) is 31.9 Å². The number of halogens is 1. The van der Waals surface area contributed by atoms with Gasteiger partial charge in [0.2, 0.25) is 5.91 Å². The number of aromatic nitrogens is 1. The fraction of sp³-hybridized carbons (Fsp3) is 0.278. The molecule has 2 aromatic rings. The van der Waals surface area contributed by atoms with E-state index in [4.69, 9.17) is 21.1 Å². The van der Waals surface area contributed by atoms with Crippen LogP contribution in [0.15, 0.2) is 36.5 Å². The molecule has 0 aliphatic carbocycles. The van der Waals surface area contributed by atoms with Gasteiger partial charge in [0, 0.05) is 19.7 Å². The quantitative estimate of drug-likeness (QED) is 0.604. The molecule has 1 atom stereocenters. The normalized spacial score (nSPS) is 11.6. The molecule has 0 aliphatic rings. The number of ether oxygens (including phenoxy) is 2. The van der Waals surface area contributed by atoms with E-state index in [2.05, 4.69) is 4.98 Å². The lowest BCUT2D eigenvalue weighted by molar-refractivity contribution is -0.129. The first-order valence-electron chi connectivity index (χ1n) is 7.48. The summed E-state index contributed by atoms with van der Waals surface area (Å²) in [5.41, 5.74) is 1.34. The second-order valence-corrected chi connectivity index (χ2v) is 5.88. The van der Waals surface area contributed by atoms with Gasteiger partial charge in [-0.3, -0.25) is 4.79 Å². The van der Waals surface area contributed by atoms with Gasteiger partial charge in [0.15, 0.2) is 0 Å². The number of esters is 1. The summed E-state index contributed by atoms with van der Waals surface area (Å²) in [6.07, 6.45) is 1.45. The topological polar surface area (TPSA) is 68.7 Å². The molecule has 132 valence electrons. The molecule has 7 heteroatoms. The highest BCUT2D eigenvalue weighted by molar-refractivity contribution is 6.29. The first kappa shape index (κ1) is 18.7. The van der Waals surface area contributed by atoms with Crippen molar-refractivity contribution in [3.8, 4) is 5.75 Å². The number of likely N-dealkylation sites (N-methyl/N-ethyl adjacent to an activating group) is 1. The van der Waals surface area contributed by atoms with Crippen molar-refractivity contribution in [2.45, 2.75) is 5.92 Å². The Morgan fingerprint density at radius 2 is 1.84 bits per heavy atom. The van der Waals surface area contributed by atoms with Gasteiger partial charge in [0.25, 0.3) is 0 Å². The molecule has 0 radical (unpaired) electrons. The molecule has 0 N–H and O–H groups in total. The molecule has 0 aliphatic heterocycles. The minimum absolute atomic E-state index is 0.225. The van der Waals surface area contributed by atoms with E-state index < -0.39 is 11.9 Å². The van der Waals surface area contributed by atoms with Crippen LogP contribution in [0, 0.1) is 0 Å². The second kappa shape index (κ2) is 7.98. The van der Waals surface area contributed by atoms with Crippen molar-refractivity contribution in [1.82, 2.24) is 9.88 Å². The number of hydrogen-bond donors (Lipinski definition) is 0. The van der Waals surface area contributed by atoms with Gasteiger partial charge in [0.1, 0.15) is 10.9 Å². The van der Waals surface area contributed by atoms with E-state index in [-0.39, 0.29) is 11.1 Å². The van der Waals surface area contributed by atoms with Crippen LogP contribution < -0.4 is 4.74 Å². The third-order valence-electron chi connectivity index (χ3n) is 3.76. The average Bonchev–Trinajstić information content (AvgIpc) is 2.61. The van der Waals surface area contributed by atoms with Crippen LogP contribution in [0.2, 0.25) is 5.15 Å². The number of rotatable bonds is 5. The van der Waals surface area contributed by atoms with Crippen molar-refractivity contribution in [2.24, 2.45) is 0 Å². The van der Waals surface area contributed by atoms with Gasteiger partial charge in [-0.1, -0.05) is 29.8 Å². The summed E-state index contributed by atoms with van der Waals surface area (Å²) in [6, 6.07) is 8.37. The van der Waals surface area contributed by atoms with Crippen LogP contribution in [0.1, 0.15) is 27.4 Å². The third-order valence-corrected chi connectivity index (χ3v) is 3.97. The minimum atomic E-state index is -0.791. The lowest BCUT2D eigenvalue weighted by atomic mass is 9.87. The Balaban J connectivity index is 2.74. The van der Waals surface area contributed by atoms with Gasteiger partial charge in [-0.05, 0) is 17.7 Å². The summed E-state index contributed by atoms with van der Waals surface area (Å²) in [7, 11) is 6.07. The van der Waals surface area contributed by atoms with Crippen LogP contribution in [0.4, 0.5) is 0 Å². The molecule has 1 unspecified atom stereocenters. The van der Waals surface area contributed by atoms with Gasteiger partial charge < -0.3 is 14.4 Å². The molecule has 1 aromatic heterocycles. The average molecular weight is 363 g/mol. The van der Waals surface area contributed by atoms with Crippen molar-refractivity contribution >= 4 is 23.5 Å². The van der Waals surface area contributed by atoms with Crippen molar-refractivity contribution in [1.29, 1.82) is 0 Å². The summed E-state index contributed by atoms with van der Waals surface area (Å²) < 4.78 is 10.2. The molecule has 0 fully saturated rings. The molecule has 2 rings (SSSR count). The van der Waals surface area contributed by atoms with Crippen LogP contribution in [-0.2, 0) is 9.53 Å². The summed E-state index contributed by atoms with van der Waals surface area (Å²) in [6.45, 7) is 0. The molecule has 0 spiro atoms. The zero-order valence-corrected chi connectivity index (χ0v) is 15.2. The Hall–Kier alpha value is -2.60. The number of hydrogen-bond acceptors (Lipinski definition) is 5. The zero-order chi connectivity index (χ0) is 18.6. The van der Waals surface area contributed by atoms with Gasteiger partial charge in [-0.2, -0.15) is 0 Å². The monoisotopic (exact) mass is 362 g/mol. The Kier molecular flexibility index (Phi) is 5.98. The smallest absolute Gasteiger partial charge is 0.338 e. The Morgan fingerprint density at radius 3 is 2.44 bits per heavy atom. The first-order valence-corrected chi connectivity index (χ1v) is 7.86. The second-order valence-electron chi connectivity index (χ2n) is 5.49. The molecule has 6 nitrogen and oxygen atoms in total.